The molecule has 1 aromatic heterocycles. The Balaban J connectivity index is 2.46. The molecule has 0 fully saturated rings. The van der Waals surface area contributed by atoms with E-state index in [9.17, 15) is 0 Å². The fourth-order valence-corrected chi connectivity index (χ4v) is 1.71. The lowest BCUT2D eigenvalue weighted by atomic mass is 10.3. The zero-order valence-electron chi connectivity index (χ0n) is 7.73. The maximum Gasteiger partial charge on any atom is 0.116 e. The van der Waals surface area contributed by atoms with E-state index in [1.54, 1.807) is 18.1 Å². The molecule has 0 aliphatic heterocycles. The molecule has 1 heterocycles. The number of rotatable bonds is 5. The van der Waals surface area contributed by atoms with Gasteiger partial charge in [0.1, 0.15) is 6.33 Å². The van der Waals surface area contributed by atoms with Crippen LogP contribution in [0.2, 0.25) is 0 Å². The Kier molecular flexibility index (Phi) is 4.78. The summed E-state index contributed by atoms with van der Waals surface area (Å²) >= 11 is 1.66. The van der Waals surface area contributed by atoms with Gasteiger partial charge in [-0.3, -0.25) is 0 Å². The predicted octanol–water partition coefficient (Wildman–Crippen LogP) is 1.51. The zero-order chi connectivity index (χ0) is 9.52. The summed E-state index contributed by atoms with van der Waals surface area (Å²) < 4.78 is 0. The van der Waals surface area contributed by atoms with Crippen LogP contribution in [-0.2, 0) is 6.42 Å². The molecule has 0 aliphatic carbocycles. The van der Waals surface area contributed by atoms with Crippen molar-refractivity contribution in [1.82, 2.24) is 9.97 Å². The maximum atomic E-state index is 8.60. The van der Waals surface area contributed by atoms with Gasteiger partial charge in [0.25, 0.3) is 0 Å². The third kappa shape index (κ3) is 3.74. The Morgan fingerprint density at radius 3 is 3.00 bits per heavy atom. The Hall–Kier alpha value is -0.610. The Bertz CT molecular complexity index is 255. The number of hydrogen-bond donors (Lipinski definition) is 1. The van der Waals surface area contributed by atoms with E-state index < -0.39 is 0 Å². The summed E-state index contributed by atoms with van der Waals surface area (Å²) in [5.74, 6) is 0.913. The molecule has 4 heteroatoms. The monoisotopic (exact) mass is 198 g/mol. The second-order valence-electron chi connectivity index (χ2n) is 2.63. The SMILES string of the molecule is CCc1cc(SCCCO)ncn1. The summed E-state index contributed by atoms with van der Waals surface area (Å²) in [6, 6.07) is 2.00. The second kappa shape index (κ2) is 5.94. The Labute approximate surface area is 82.6 Å². The van der Waals surface area contributed by atoms with Crippen molar-refractivity contribution < 1.29 is 5.11 Å². The van der Waals surface area contributed by atoms with Gasteiger partial charge in [-0.05, 0) is 18.9 Å². The number of hydrogen-bond acceptors (Lipinski definition) is 4. The molecule has 0 aromatic carbocycles. The van der Waals surface area contributed by atoms with Crippen LogP contribution in [0, 0.1) is 0 Å². The summed E-state index contributed by atoms with van der Waals surface area (Å²) in [5, 5.41) is 9.60. The Morgan fingerprint density at radius 2 is 2.31 bits per heavy atom. The van der Waals surface area contributed by atoms with Gasteiger partial charge in [-0.25, -0.2) is 9.97 Å². The lowest BCUT2D eigenvalue weighted by Crippen LogP contribution is -1.91. The number of aromatic nitrogens is 2. The van der Waals surface area contributed by atoms with Crippen molar-refractivity contribution >= 4 is 11.8 Å². The van der Waals surface area contributed by atoms with Gasteiger partial charge < -0.3 is 5.11 Å². The smallest absolute Gasteiger partial charge is 0.116 e. The number of aliphatic hydroxyl groups is 1. The van der Waals surface area contributed by atoms with Crippen molar-refractivity contribution in [3.05, 3.63) is 18.1 Å². The van der Waals surface area contributed by atoms with Crippen LogP contribution >= 0.6 is 11.8 Å². The second-order valence-corrected chi connectivity index (χ2v) is 3.74. The molecule has 0 unspecified atom stereocenters. The molecule has 0 saturated heterocycles. The van der Waals surface area contributed by atoms with E-state index in [2.05, 4.69) is 16.9 Å². The topological polar surface area (TPSA) is 46.0 Å². The highest BCUT2D eigenvalue weighted by Crippen LogP contribution is 2.15. The molecule has 1 N–H and O–H groups in total. The highest BCUT2D eigenvalue weighted by molar-refractivity contribution is 7.99. The average molecular weight is 198 g/mol. The minimum atomic E-state index is 0.249. The first-order valence-electron chi connectivity index (χ1n) is 4.41. The summed E-state index contributed by atoms with van der Waals surface area (Å²) in [5.41, 5.74) is 1.07. The summed E-state index contributed by atoms with van der Waals surface area (Å²) in [6.07, 6.45) is 3.35. The summed E-state index contributed by atoms with van der Waals surface area (Å²) in [4.78, 5) is 8.24. The largest absolute Gasteiger partial charge is 0.396 e. The molecule has 0 atom stereocenters. The van der Waals surface area contributed by atoms with Crippen LogP contribution in [-0.4, -0.2) is 27.4 Å². The molecule has 0 amide bonds. The van der Waals surface area contributed by atoms with Crippen molar-refractivity contribution in [2.45, 2.75) is 24.8 Å². The van der Waals surface area contributed by atoms with Crippen molar-refractivity contribution in [1.29, 1.82) is 0 Å². The first-order chi connectivity index (χ1) is 6.36. The fourth-order valence-electron chi connectivity index (χ4n) is 0.891. The highest BCUT2D eigenvalue weighted by Gasteiger charge is 1.97. The molecule has 0 saturated carbocycles. The lowest BCUT2D eigenvalue weighted by Gasteiger charge is -2.00. The quantitative estimate of drug-likeness (QED) is 0.442. The van der Waals surface area contributed by atoms with E-state index in [1.807, 2.05) is 6.07 Å². The Morgan fingerprint density at radius 1 is 1.46 bits per heavy atom. The van der Waals surface area contributed by atoms with Crippen LogP contribution in [0.15, 0.2) is 17.4 Å². The van der Waals surface area contributed by atoms with Gasteiger partial charge in [0.05, 0.1) is 5.03 Å². The summed E-state index contributed by atoms with van der Waals surface area (Å²) in [7, 11) is 0. The molecular weight excluding hydrogens is 184 g/mol. The van der Waals surface area contributed by atoms with E-state index in [4.69, 9.17) is 5.11 Å². The predicted molar refractivity (Wildman–Crippen MR) is 53.8 cm³/mol. The molecule has 3 nitrogen and oxygen atoms in total. The molecule has 0 spiro atoms. The van der Waals surface area contributed by atoms with E-state index >= 15 is 0 Å². The van der Waals surface area contributed by atoms with Gasteiger partial charge in [-0.1, -0.05) is 6.92 Å². The molecule has 1 aromatic rings. The van der Waals surface area contributed by atoms with Gasteiger partial charge in [0.2, 0.25) is 0 Å². The number of aryl methyl sites for hydroxylation is 1. The third-order valence-electron chi connectivity index (χ3n) is 1.61. The molecule has 72 valence electrons. The number of nitrogens with zero attached hydrogens (tertiary/aromatic N) is 2. The number of aliphatic hydroxyl groups excluding tert-OH is 1. The minimum absolute atomic E-state index is 0.249. The van der Waals surface area contributed by atoms with E-state index in [1.165, 1.54) is 0 Å². The molecule has 0 bridgehead atoms. The normalized spacial score (nSPS) is 10.3. The minimum Gasteiger partial charge on any atom is -0.396 e. The van der Waals surface area contributed by atoms with E-state index in [-0.39, 0.29) is 6.61 Å². The van der Waals surface area contributed by atoms with Gasteiger partial charge in [-0.15, -0.1) is 11.8 Å². The summed E-state index contributed by atoms with van der Waals surface area (Å²) in [6.45, 7) is 2.32. The van der Waals surface area contributed by atoms with Crippen LogP contribution in [0.1, 0.15) is 19.0 Å². The zero-order valence-corrected chi connectivity index (χ0v) is 8.55. The van der Waals surface area contributed by atoms with Gasteiger partial charge in [0.15, 0.2) is 0 Å². The van der Waals surface area contributed by atoms with Gasteiger partial charge >= 0.3 is 0 Å². The van der Waals surface area contributed by atoms with E-state index in [0.29, 0.717) is 0 Å². The average Bonchev–Trinajstić information content (AvgIpc) is 2.19. The molecule has 0 aliphatic rings. The van der Waals surface area contributed by atoms with Crippen LogP contribution in [0.5, 0.6) is 0 Å². The van der Waals surface area contributed by atoms with Crippen LogP contribution in [0.4, 0.5) is 0 Å². The first-order valence-corrected chi connectivity index (χ1v) is 5.40. The molecule has 1 rings (SSSR count). The van der Waals surface area contributed by atoms with Crippen molar-refractivity contribution in [2.75, 3.05) is 12.4 Å². The van der Waals surface area contributed by atoms with Crippen LogP contribution in [0.3, 0.4) is 0 Å². The standard InChI is InChI=1S/C9H14N2OS/c1-2-8-6-9(11-7-10-8)13-5-3-4-12/h6-7,12H,2-5H2,1H3. The number of thioether (sulfide) groups is 1. The lowest BCUT2D eigenvalue weighted by molar-refractivity contribution is 0.296. The van der Waals surface area contributed by atoms with Crippen molar-refractivity contribution in [3.63, 3.8) is 0 Å². The van der Waals surface area contributed by atoms with Crippen molar-refractivity contribution in [2.24, 2.45) is 0 Å². The van der Waals surface area contributed by atoms with Gasteiger partial charge in [0, 0.05) is 18.1 Å². The molecule has 13 heavy (non-hydrogen) atoms. The third-order valence-corrected chi connectivity index (χ3v) is 2.63. The highest BCUT2D eigenvalue weighted by atomic mass is 32.2. The van der Waals surface area contributed by atoms with Crippen LogP contribution in [0.25, 0.3) is 0 Å². The maximum absolute atomic E-state index is 8.60. The van der Waals surface area contributed by atoms with Crippen LogP contribution < -0.4 is 0 Å². The molecule has 0 radical (unpaired) electrons. The van der Waals surface area contributed by atoms with Gasteiger partial charge in [-0.2, -0.15) is 0 Å². The fraction of sp³-hybridized carbons (Fsp3) is 0.556. The molecular formula is C9H14N2OS. The first kappa shape index (κ1) is 10.5. The van der Waals surface area contributed by atoms with E-state index in [0.717, 1.165) is 29.3 Å². The van der Waals surface area contributed by atoms with Crippen molar-refractivity contribution in [3.8, 4) is 0 Å².